The van der Waals surface area contributed by atoms with Crippen LogP contribution in [0.2, 0.25) is 0 Å². The van der Waals surface area contributed by atoms with Crippen LogP contribution < -0.4 is 5.32 Å². The van der Waals surface area contributed by atoms with E-state index in [0.717, 1.165) is 64.2 Å². The van der Waals surface area contributed by atoms with Crippen LogP contribution in [-0.4, -0.2) is 93.0 Å². The van der Waals surface area contributed by atoms with E-state index in [9.17, 15) is 9.36 Å². The Balaban J connectivity index is 3.20. The number of unbranched alkanes of at least 4 members (excludes halogenated alkanes) is 15. The third-order valence-electron chi connectivity index (χ3n) is 10.1. The van der Waals surface area contributed by atoms with Crippen molar-refractivity contribution in [3.63, 3.8) is 0 Å². The number of carbonyl (C=O) groups is 1. The Hall–Kier alpha value is -1.02. The van der Waals surface area contributed by atoms with Gasteiger partial charge in [0.2, 0.25) is 18.1 Å². The van der Waals surface area contributed by atoms with Crippen LogP contribution in [0.3, 0.4) is 0 Å². The highest BCUT2D eigenvalue weighted by atomic mass is 35.6. The van der Waals surface area contributed by atoms with Gasteiger partial charge in [0.25, 0.3) is 3.79 Å². The molecule has 16 heteroatoms. The second kappa shape index (κ2) is 35.3. The minimum absolute atomic E-state index is 0.0990. The number of hydrogen-bond donors (Lipinski definition) is 2. The lowest BCUT2D eigenvalue weighted by atomic mass is 9.96. The summed E-state index contributed by atoms with van der Waals surface area (Å²) in [6, 6.07) is -1.14. The zero-order valence-electron chi connectivity index (χ0n) is 37.0. The SMILES string of the molecule is C=CCOP(=O)(OCC=C)O[C@H]1[C@H](OCC[C@@H](CCCCCCC)OC)[C@@H](NC(=O)CCCCCCCCC/C=C\CCCCCC)[C@H](OC(=N)C(Cl)(Cl)Cl)O[C@@H]1COC. The fourth-order valence-electron chi connectivity index (χ4n) is 6.80. The van der Waals surface area contributed by atoms with Crippen LogP contribution in [0.4, 0.5) is 0 Å². The van der Waals surface area contributed by atoms with Gasteiger partial charge < -0.3 is 29.0 Å². The summed E-state index contributed by atoms with van der Waals surface area (Å²) in [5, 5.41) is 11.4. The van der Waals surface area contributed by atoms with Crippen molar-refractivity contribution in [2.45, 2.75) is 189 Å². The van der Waals surface area contributed by atoms with E-state index in [1.54, 1.807) is 7.11 Å². The zero-order valence-corrected chi connectivity index (χ0v) is 40.2. The van der Waals surface area contributed by atoms with Gasteiger partial charge in [-0.25, -0.2) is 4.57 Å². The van der Waals surface area contributed by atoms with Crippen molar-refractivity contribution >= 4 is 54.4 Å². The fourth-order valence-corrected chi connectivity index (χ4v) is 8.26. The van der Waals surface area contributed by atoms with Gasteiger partial charge in [-0.2, -0.15) is 0 Å². The van der Waals surface area contributed by atoms with Crippen molar-refractivity contribution in [1.29, 1.82) is 5.41 Å². The Labute approximate surface area is 377 Å². The van der Waals surface area contributed by atoms with Gasteiger partial charge in [-0.1, -0.05) is 156 Å². The largest absolute Gasteiger partial charge is 0.475 e. The predicted octanol–water partition coefficient (Wildman–Crippen LogP) is 12.3. The first-order valence-electron chi connectivity index (χ1n) is 22.2. The summed E-state index contributed by atoms with van der Waals surface area (Å²) in [6.45, 7) is 11.4. The molecule has 0 unspecified atom stereocenters. The van der Waals surface area contributed by atoms with Gasteiger partial charge in [0.15, 0.2) is 0 Å². The fraction of sp³-hybridized carbons (Fsp3) is 0.818. The first-order valence-corrected chi connectivity index (χ1v) is 24.8. The normalized spacial score (nSPS) is 20.3. The molecule has 0 aromatic carbocycles. The molecule has 350 valence electrons. The number of phosphoric ester groups is 1. The van der Waals surface area contributed by atoms with E-state index < -0.39 is 48.2 Å². The third kappa shape index (κ3) is 25.9. The molecular formula is C44H78Cl3N2O10P. The molecule has 1 amide bonds. The van der Waals surface area contributed by atoms with Crippen molar-refractivity contribution in [3.05, 3.63) is 37.5 Å². The Morgan fingerprint density at radius 1 is 0.817 bits per heavy atom. The lowest BCUT2D eigenvalue weighted by molar-refractivity contribution is -0.256. The molecule has 0 bridgehead atoms. The van der Waals surface area contributed by atoms with E-state index in [0.29, 0.717) is 12.8 Å². The summed E-state index contributed by atoms with van der Waals surface area (Å²) < 4.78 is 59.0. The van der Waals surface area contributed by atoms with Gasteiger partial charge in [0, 0.05) is 27.2 Å². The molecule has 12 nitrogen and oxygen atoms in total. The molecule has 1 aliphatic rings. The molecule has 0 aliphatic carbocycles. The second-order valence-electron chi connectivity index (χ2n) is 15.2. The minimum Gasteiger partial charge on any atom is -0.446 e. The van der Waals surface area contributed by atoms with Crippen molar-refractivity contribution < 1.29 is 46.6 Å². The summed E-state index contributed by atoms with van der Waals surface area (Å²) in [5.41, 5.74) is 0. The molecule has 60 heavy (non-hydrogen) atoms. The van der Waals surface area contributed by atoms with E-state index in [4.69, 9.17) is 77.5 Å². The Morgan fingerprint density at radius 2 is 1.37 bits per heavy atom. The number of carbonyl (C=O) groups excluding carboxylic acids is 1. The highest BCUT2D eigenvalue weighted by Crippen LogP contribution is 2.52. The quantitative estimate of drug-likeness (QED) is 0.0153. The third-order valence-corrected chi connectivity index (χ3v) is 12.1. The molecule has 6 atom stereocenters. The summed E-state index contributed by atoms with van der Waals surface area (Å²) >= 11 is 18.1. The highest BCUT2D eigenvalue weighted by molar-refractivity contribution is 7.48. The number of amides is 1. The molecule has 0 aromatic heterocycles. The van der Waals surface area contributed by atoms with E-state index >= 15 is 0 Å². The van der Waals surface area contributed by atoms with E-state index in [2.05, 4.69) is 44.5 Å². The van der Waals surface area contributed by atoms with Crippen molar-refractivity contribution in [1.82, 2.24) is 5.32 Å². The molecule has 1 rings (SSSR count). The molecule has 0 aromatic rings. The number of halogens is 3. The van der Waals surface area contributed by atoms with E-state index in [1.807, 2.05) is 0 Å². The Morgan fingerprint density at radius 3 is 1.92 bits per heavy atom. The van der Waals surface area contributed by atoms with Gasteiger partial charge in [-0.15, -0.1) is 13.2 Å². The number of alkyl halides is 3. The van der Waals surface area contributed by atoms with Crippen molar-refractivity contribution in [2.75, 3.05) is 40.6 Å². The number of ether oxygens (including phenoxy) is 5. The Bertz CT molecular complexity index is 1210. The second-order valence-corrected chi connectivity index (χ2v) is 19.1. The molecule has 2 N–H and O–H groups in total. The summed E-state index contributed by atoms with van der Waals surface area (Å²) in [6.07, 6.45) is 24.4. The minimum atomic E-state index is -4.33. The standard InChI is InChI=1S/C44H78Cl3N2O10P/c1-7-11-13-15-16-17-18-19-20-21-22-23-24-26-28-30-38(50)49-39-41(54-34-31-36(53-6)29-27-25-14-12-8-2)40(59-60(51,55-32-9-3)56-33-10-4)37(35-52-5)57-42(39)58-43(48)44(45,46)47/h9-10,17-18,36-37,39-42,48H,3-4,7-8,11-16,19-35H2,1-2,5-6H3,(H,49,50)/b18-17-,48-43?/t36-,37-,39-,40-,41-,42+/m1/s1. The highest BCUT2D eigenvalue weighted by Gasteiger charge is 2.53. The van der Waals surface area contributed by atoms with Crippen LogP contribution in [0.1, 0.15) is 149 Å². The summed E-state index contributed by atoms with van der Waals surface area (Å²) in [5.74, 6) is -1.05. The van der Waals surface area contributed by atoms with Crippen LogP contribution in [-0.2, 0) is 46.6 Å². The molecule has 1 fully saturated rings. The first kappa shape index (κ1) is 57.0. The lowest BCUT2D eigenvalue weighted by Crippen LogP contribution is -2.66. The average molecular weight is 932 g/mol. The van der Waals surface area contributed by atoms with Crippen LogP contribution >= 0.6 is 42.6 Å². The Kier molecular flexibility index (Phi) is 33.6. The van der Waals surface area contributed by atoms with Gasteiger partial charge >= 0.3 is 7.82 Å². The number of phosphoric acid groups is 1. The zero-order chi connectivity index (χ0) is 44.5. The smallest absolute Gasteiger partial charge is 0.446 e. The first-order chi connectivity index (χ1) is 28.9. The van der Waals surface area contributed by atoms with E-state index in [-0.39, 0.29) is 44.9 Å². The molecular weight excluding hydrogens is 854 g/mol. The van der Waals surface area contributed by atoms with Gasteiger partial charge in [-0.3, -0.25) is 23.8 Å². The molecule has 0 spiro atoms. The summed E-state index contributed by atoms with van der Waals surface area (Å²) in [7, 11) is -1.21. The summed E-state index contributed by atoms with van der Waals surface area (Å²) in [4.78, 5) is 13.7. The van der Waals surface area contributed by atoms with E-state index in [1.165, 1.54) is 70.6 Å². The molecule has 0 saturated carbocycles. The van der Waals surface area contributed by atoms with Gasteiger partial charge in [-0.05, 0) is 44.9 Å². The van der Waals surface area contributed by atoms with Crippen molar-refractivity contribution in [2.24, 2.45) is 0 Å². The molecule has 1 heterocycles. The van der Waals surface area contributed by atoms with Gasteiger partial charge in [0.05, 0.1) is 25.9 Å². The molecule has 1 aliphatic heterocycles. The monoisotopic (exact) mass is 930 g/mol. The van der Waals surface area contributed by atoms with Crippen molar-refractivity contribution in [3.8, 4) is 0 Å². The number of methoxy groups -OCH3 is 2. The number of allylic oxidation sites excluding steroid dienone is 2. The van der Waals surface area contributed by atoms with Gasteiger partial charge in [0.1, 0.15) is 24.4 Å². The van der Waals surface area contributed by atoms with Crippen LogP contribution in [0.15, 0.2) is 37.5 Å². The lowest BCUT2D eigenvalue weighted by Gasteiger charge is -2.46. The molecule has 1 saturated heterocycles. The number of rotatable bonds is 38. The molecule has 0 radical (unpaired) electrons. The van der Waals surface area contributed by atoms with Crippen LogP contribution in [0.25, 0.3) is 0 Å². The number of nitrogens with one attached hydrogen (secondary N) is 2. The number of hydrogen-bond acceptors (Lipinski definition) is 11. The maximum Gasteiger partial charge on any atom is 0.475 e. The average Bonchev–Trinajstić information content (AvgIpc) is 3.21. The maximum atomic E-state index is 14.1. The maximum absolute atomic E-state index is 14.1. The van der Waals surface area contributed by atoms with Crippen LogP contribution in [0, 0.1) is 5.41 Å². The van der Waals surface area contributed by atoms with Crippen LogP contribution in [0.5, 0.6) is 0 Å². The topological polar surface area (TPSA) is 144 Å². The predicted molar refractivity (Wildman–Crippen MR) is 244 cm³/mol.